The molecule has 0 aromatic heterocycles. The highest BCUT2D eigenvalue weighted by molar-refractivity contribution is 7.92. The highest BCUT2D eigenvalue weighted by Crippen LogP contribution is 2.32. The molecule has 1 amide bonds. The zero-order valence-corrected chi connectivity index (χ0v) is 21.4. The number of hydrogen-bond donors (Lipinski definition) is 1. The van der Waals surface area contributed by atoms with Gasteiger partial charge in [-0.2, -0.15) is 0 Å². The minimum atomic E-state index is -4.00. The molecule has 190 valence electrons. The molecule has 0 atom stereocenters. The molecule has 3 aromatic rings. The van der Waals surface area contributed by atoms with Crippen LogP contribution in [0.4, 0.5) is 5.69 Å². The Bertz CT molecular complexity index is 1240. The van der Waals surface area contributed by atoms with E-state index < -0.39 is 15.9 Å². The standard InChI is InChI=1S/C28H33N3O4S/c1-2-35-27-13-7-6-12-26(27)31(36(33,34)25-10-4-3-5-11-25)22-28(32)29-20-23-14-16-24(17-15-23)21-30-18-8-9-19-30/h3-7,10-17H,2,8-9,18-22H2,1H3,(H,29,32). The van der Waals surface area contributed by atoms with Crippen molar-refractivity contribution >= 4 is 21.6 Å². The molecule has 0 aliphatic carbocycles. The molecule has 1 aliphatic rings. The van der Waals surface area contributed by atoms with E-state index >= 15 is 0 Å². The quantitative estimate of drug-likeness (QED) is 0.421. The third-order valence-corrected chi connectivity index (χ3v) is 7.94. The Hall–Kier alpha value is -3.36. The van der Waals surface area contributed by atoms with Crippen molar-refractivity contribution in [1.29, 1.82) is 0 Å². The third kappa shape index (κ3) is 6.44. The number of anilines is 1. The number of hydrogen-bond acceptors (Lipinski definition) is 5. The summed E-state index contributed by atoms with van der Waals surface area (Å²) < 4.78 is 33.9. The lowest BCUT2D eigenvalue weighted by Crippen LogP contribution is -2.40. The lowest BCUT2D eigenvalue weighted by atomic mass is 10.1. The number of para-hydroxylation sites is 2. The van der Waals surface area contributed by atoms with E-state index in [9.17, 15) is 13.2 Å². The molecule has 1 saturated heterocycles. The van der Waals surface area contributed by atoms with Gasteiger partial charge in [0.1, 0.15) is 12.3 Å². The van der Waals surface area contributed by atoms with E-state index in [4.69, 9.17) is 4.74 Å². The highest BCUT2D eigenvalue weighted by atomic mass is 32.2. The predicted octanol–water partition coefficient (Wildman–Crippen LogP) is 4.19. The van der Waals surface area contributed by atoms with Crippen molar-refractivity contribution in [3.63, 3.8) is 0 Å². The normalized spacial score (nSPS) is 13.9. The SMILES string of the molecule is CCOc1ccccc1N(CC(=O)NCc1ccc(CN2CCCC2)cc1)S(=O)(=O)c1ccccc1. The molecule has 1 fully saturated rings. The minimum absolute atomic E-state index is 0.109. The first-order valence-electron chi connectivity index (χ1n) is 12.3. The average Bonchev–Trinajstić information content (AvgIpc) is 3.41. The summed E-state index contributed by atoms with van der Waals surface area (Å²) in [5.41, 5.74) is 2.53. The molecule has 0 saturated carbocycles. The molecule has 7 nitrogen and oxygen atoms in total. The molecular weight excluding hydrogens is 474 g/mol. The Morgan fingerprint density at radius 2 is 1.56 bits per heavy atom. The van der Waals surface area contributed by atoms with Crippen molar-refractivity contribution in [2.75, 3.05) is 30.5 Å². The number of amides is 1. The second kappa shape index (κ2) is 12.1. The van der Waals surface area contributed by atoms with E-state index in [0.717, 1.165) is 29.5 Å². The molecule has 3 aromatic carbocycles. The first kappa shape index (κ1) is 25.7. The molecular formula is C28H33N3O4S. The van der Waals surface area contributed by atoms with Crippen molar-refractivity contribution in [3.8, 4) is 5.75 Å². The van der Waals surface area contributed by atoms with Crippen molar-refractivity contribution in [2.45, 2.75) is 37.8 Å². The van der Waals surface area contributed by atoms with Gasteiger partial charge in [0.25, 0.3) is 10.0 Å². The molecule has 0 unspecified atom stereocenters. The van der Waals surface area contributed by atoms with Gasteiger partial charge in [-0.3, -0.25) is 14.0 Å². The fourth-order valence-corrected chi connectivity index (χ4v) is 5.76. The maximum atomic E-state index is 13.6. The van der Waals surface area contributed by atoms with Gasteiger partial charge in [-0.15, -0.1) is 0 Å². The molecule has 36 heavy (non-hydrogen) atoms. The number of ether oxygens (including phenoxy) is 1. The summed E-state index contributed by atoms with van der Waals surface area (Å²) in [5.74, 6) is 0.00264. The summed E-state index contributed by atoms with van der Waals surface area (Å²) in [6.07, 6.45) is 2.52. The van der Waals surface area contributed by atoms with Crippen LogP contribution in [0.5, 0.6) is 5.75 Å². The monoisotopic (exact) mass is 507 g/mol. The summed E-state index contributed by atoms with van der Waals surface area (Å²) in [6, 6.07) is 23.2. The van der Waals surface area contributed by atoms with Gasteiger partial charge in [0.15, 0.2) is 0 Å². The van der Waals surface area contributed by atoms with Crippen molar-refractivity contribution in [3.05, 3.63) is 90.0 Å². The van der Waals surface area contributed by atoms with Crippen LogP contribution in [-0.2, 0) is 27.9 Å². The fourth-order valence-electron chi connectivity index (χ4n) is 4.31. The molecule has 1 aliphatic heterocycles. The van der Waals surface area contributed by atoms with Gasteiger partial charge in [-0.25, -0.2) is 8.42 Å². The number of nitrogens with one attached hydrogen (secondary N) is 1. The van der Waals surface area contributed by atoms with Crippen molar-refractivity contribution in [2.24, 2.45) is 0 Å². The summed E-state index contributed by atoms with van der Waals surface area (Å²) in [7, 11) is -4.00. The largest absolute Gasteiger partial charge is 0.492 e. The van der Waals surface area contributed by atoms with E-state index in [1.165, 1.54) is 30.5 Å². The summed E-state index contributed by atoms with van der Waals surface area (Å²) in [5, 5.41) is 2.87. The Morgan fingerprint density at radius 3 is 2.25 bits per heavy atom. The smallest absolute Gasteiger partial charge is 0.264 e. The van der Waals surface area contributed by atoms with Gasteiger partial charge < -0.3 is 10.1 Å². The minimum Gasteiger partial charge on any atom is -0.492 e. The zero-order valence-electron chi connectivity index (χ0n) is 20.6. The highest BCUT2D eigenvalue weighted by Gasteiger charge is 2.29. The molecule has 1 N–H and O–H groups in total. The molecule has 0 spiro atoms. The Labute approximate surface area is 213 Å². The van der Waals surface area contributed by atoms with Gasteiger partial charge in [-0.1, -0.05) is 54.6 Å². The molecule has 4 rings (SSSR count). The maximum Gasteiger partial charge on any atom is 0.264 e. The van der Waals surface area contributed by atoms with Crippen LogP contribution in [-0.4, -0.2) is 45.5 Å². The van der Waals surface area contributed by atoms with Crippen LogP contribution in [0.15, 0.2) is 83.8 Å². The van der Waals surface area contributed by atoms with Crippen LogP contribution < -0.4 is 14.4 Å². The maximum absolute atomic E-state index is 13.6. The van der Waals surface area contributed by atoms with E-state index in [1.807, 2.05) is 19.1 Å². The summed E-state index contributed by atoms with van der Waals surface area (Å²) in [6.45, 7) is 5.38. The number of carbonyl (C=O) groups is 1. The number of carbonyl (C=O) groups excluding carboxylic acids is 1. The molecule has 8 heteroatoms. The van der Waals surface area contributed by atoms with Gasteiger partial charge >= 0.3 is 0 Å². The molecule has 0 bridgehead atoms. The summed E-state index contributed by atoms with van der Waals surface area (Å²) in [4.78, 5) is 15.5. The van der Waals surface area contributed by atoms with E-state index in [0.29, 0.717) is 24.6 Å². The fraction of sp³-hybridized carbons (Fsp3) is 0.321. The molecule has 0 radical (unpaired) electrons. The van der Waals surface area contributed by atoms with Crippen LogP contribution in [0, 0.1) is 0 Å². The Morgan fingerprint density at radius 1 is 0.917 bits per heavy atom. The van der Waals surface area contributed by atoms with Gasteiger partial charge in [0, 0.05) is 13.1 Å². The van der Waals surface area contributed by atoms with Gasteiger partial charge in [-0.05, 0) is 68.2 Å². The van der Waals surface area contributed by atoms with Crippen LogP contribution in [0.2, 0.25) is 0 Å². The van der Waals surface area contributed by atoms with Crippen LogP contribution in [0.3, 0.4) is 0 Å². The molecule has 1 heterocycles. The van der Waals surface area contributed by atoms with E-state index in [1.54, 1.807) is 42.5 Å². The van der Waals surface area contributed by atoms with Gasteiger partial charge in [0.05, 0.1) is 17.2 Å². The zero-order chi connectivity index (χ0) is 25.4. The van der Waals surface area contributed by atoms with E-state index in [2.05, 4.69) is 22.3 Å². The second-order valence-corrected chi connectivity index (χ2v) is 10.7. The van der Waals surface area contributed by atoms with Gasteiger partial charge in [0.2, 0.25) is 5.91 Å². The average molecular weight is 508 g/mol. The topological polar surface area (TPSA) is 79.0 Å². The van der Waals surface area contributed by atoms with Crippen LogP contribution >= 0.6 is 0 Å². The number of nitrogens with zero attached hydrogens (tertiary/aromatic N) is 2. The van der Waals surface area contributed by atoms with Crippen molar-refractivity contribution < 1.29 is 17.9 Å². The predicted molar refractivity (Wildman–Crippen MR) is 141 cm³/mol. The number of rotatable bonds is 11. The number of sulfonamides is 1. The second-order valence-electron chi connectivity index (χ2n) is 8.80. The van der Waals surface area contributed by atoms with Crippen LogP contribution in [0.1, 0.15) is 30.9 Å². The number of benzene rings is 3. The lowest BCUT2D eigenvalue weighted by molar-refractivity contribution is -0.119. The lowest BCUT2D eigenvalue weighted by Gasteiger charge is -2.26. The summed E-state index contributed by atoms with van der Waals surface area (Å²) >= 11 is 0. The van der Waals surface area contributed by atoms with E-state index in [-0.39, 0.29) is 11.4 Å². The van der Waals surface area contributed by atoms with Crippen LogP contribution in [0.25, 0.3) is 0 Å². The first-order valence-corrected chi connectivity index (χ1v) is 13.8. The van der Waals surface area contributed by atoms with Crippen molar-refractivity contribution in [1.82, 2.24) is 10.2 Å². The number of likely N-dealkylation sites (tertiary alicyclic amines) is 1. The third-order valence-electron chi connectivity index (χ3n) is 6.17. The Balaban J connectivity index is 1.48. The first-order chi connectivity index (χ1) is 17.5. The Kier molecular flexibility index (Phi) is 8.61.